The number of nitrogens with one attached hydrogen (secondary N) is 1. The molecule has 7 nitrogen and oxygen atoms in total. The molecule has 0 bridgehead atoms. The number of carboxylic acids is 1. The molecule has 128 valence electrons. The van der Waals surface area contributed by atoms with Gasteiger partial charge in [0.2, 0.25) is 0 Å². The van der Waals surface area contributed by atoms with E-state index in [2.05, 4.69) is 10.4 Å². The normalized spacial score (nSPS) is 11.2. The van der Waals surface area contributed by atoms with Crippen molar-refractivity contribution in [1.82, 2.24) is 9.78 Å². The van der Waals surface area contributed by atoms with Gasteiger partial charge in [-0.2, -0.15) is 5.10 Å². The van der Waals surface area contributed by atoms with Crippen LogP contribution in [0.1, 0.15) is 36.8 Å². The lowest BCUT2D eigenvalue weighted by Crippen LogP contribution is -2.28. The SMILES string of the molecule is CC(C)(C)OC(=O)Nc1cc(C(=O)O)nn1Cc1ccccc1F. The van der Waals surface area contributed by atoms with Crippen LogP contribution >= 0.6 is 0 Å². The highest BCUT2D eigenvalue weighted by Gasteiger charge is 2.20. The molecule has 0 aliphatic carbocycles. The highest BCUT2D eigenvalue weighted by molar-refractivity contribution is 5.89. The number of anilines is 1. The van der Waals surface area contributed by atoms with E-state index in [-0.39, 0.29) is 18.1 Å². The van der Waals surface area contributed by atoms with E-state index in [0.717, 1.165) is 0 Å². The molecule has 8 heteroatoms. The summed E-state index contributed by atoms with van der Waals surface area (Å²) in [4.78, 5) is 23.0. The average molecular weight is 335 g/mol. The van der Waals surface area contributed by atoms with Crippen LogP contribution in [0.5, 0.6) is 0 Å². The van der Waals surface area contributed by atoms with Gasteiger partial charge in [-0.15, -0.1) is 0 Å². The highest BCUT2D eigenvalue weighted by Crippen LogP contribution is 2.17. The number of carbonyl (C=O) groups is 2. The van der Waals surface area contributed by atoms with Gasteiger partial charge in [-0.3, -0.25) is 5.32 Å². The highest BCUT2D eigenvalue weighted by atomic mass is 19.1. The van der Waals surface area contributed by atoms with Crippen molar-refractivity contribution >= 4 is 17.9 Å². The fraction of sp³-hybridized carbons (Fsp3) is 0.312. The molecular weight excluding hydrogens is 317 g/mol. The second-order valence-corrected chi connectivity index (χ2v) is 6.10. The Balaban J connectivity index is 2.28. The predicted molar refractivity (Wildman–Crippen MR) is 84.5 cm³/mol. The largest absolute Gasteiger partial charge is 0.476 e. The van der Waals surface area contributed by atoms with E-state index in [1.54, 1.807) is 39.0 Å². The average Bonchev–Trinajstić information content (AvgIpc) is 2.82. The number of benzene rings is 1. The lowest BCUT2D eigenvalue weighted by atomic mass is 10.2. The van der Waals surface area contributed by atoms with Gasteiger partial charge in [0.25, 0.3) is 0 Å². The van der Waals surface area contributed by atoms with Crippen LogP contribution in [-0.2, 0) is 11.3 Å². The van der Waals surface area contributed by atoms with Crippen molar-refractivity contribution in [2.75, 3.05) is 5.32 Å². The van der Waals surface area contributed by atoms with E-state index in [1.165, 1.54) is 16.8 Å². The van der Waals surface area contributed by atoms with Crippen molar-refractivity contribution in [1.29, 1.82) is 0 Å². The van der Waals surface area contributed by atoms with E-state index in [4.69, 9.17) is 9.84 Å². The summed E-state index contributed by atoms with van der Waals surface area (Å²) in [5, 5.41) is 15.4. The van der Waals surface area contributed by atoms with Crippen LogP contribution in [-0.4, -0.2) is 32.6 Å². The predicted octanol–water partition coefficient (Wildman–Crippen LogP) is 3.12. The summed E-state index contributed by atoms with van der Waals surface area (Å²) >= 11 is 0. The van der Waals surface area contributed by atoms with Gasteiger partial charge in [0.15, 0.2) is 5.69 Å². The number of hydrogen-bond acceptors (Lipinski definition) is 4. The molecule has 1 aromatic carbocycles. The molecule has 24 heavy (non-hydrogen) atoms. The van der Waals surface area contributed by atoms with E-state index < -0.39 is 23.5 Å². The van der Waals surface area contributed by atoms with Crippen LogP contribution in [0.2, 0.25) is 0 Å². The third-order valence-electron chi connectivity index (χ3n) is 2.91. The molecule has 2 rings (SSSR count). The van der Waals surface area contributed by atoms with E-state index >= 15 is 0 Å². The number of carboxylic acid groups (broad SMARTS) is 1. The summed E-state index contributed by atoms with van der Waals surface area (Å²) < 4.78 is 20.1. The Hall–Kier alpha value is -2.90. The van der Waals surface area contributed by atoms with Gasteiger partial charge < -0.3 is 9.84 Å². The Labute approximate surface area is 138 Å². The topological polar surface area (TPSA) is 93.4 Å². The molecule has 0 aliphatic rings. The van der Waals surface area contributed by atoms with E-state index in [0.29, 0.717) is 5.56 Å². The summed E-state index contributed by atoms with van der Waals surface area (Å²) in [5.41, 5.74) is -0.669. The van der Waals surface area contributed by atoms with Gasteiger partial charge >= 0.3 is 12.1 Å². The van der Waals surface area contributed by atoms with Crippen molar-refractivity contribution < 1.29 is 23.8 Å². The Kier molecular flexibility index (Phi) is 4.87. The molecule has 0 spiro atoms. The Bertz CT molecular complexity index is 765. The van der Waals surface area contributed by atoms with Crippen molar-refractivity contribution in [3.05, 3.63) is 47.4 Å². The van der Waals surface area contributed by atoms with E-state index in [1.807, 2.05) is 0 Å². The first-order valence-electron chi connectivity index (χ1n) is 7.20. The quantitative estimate of drug-likeness (QED) is 0.895. The molecule has 0 atom stereocenters. The van der Waals surface area contributed by atoms with Gasteiger partial charge in [0, 0.05) is 11.6 Å². The van der Waals surface area contributed by atoms with Crippen molar-refractivity contribution in [3.8, 4) is 0 Å². The number of nitrogens with zero attached hydrogens (tertiary/aromatic N) is 2. The van der Waals surface area contributed by atoms with Gasteiger partial charge in [0.1, 0.15) is 17.2 Å². The molecule has 1 aromatic heterocycles. The third kappa shape index (κ3) is 4.55. The summed E-state index contributed by atoms with van der Waals surface area (Å²) in [7, 11) is 0. The van der Waals surface area contributed by atoms with E-state index in [9.17, 15) is 14.0 Å². The lowest BCUT2D eigenvalue weighted by molar-refractivity contribution is 0.0632. The second-order valence-electron chi connectivity index (χ2n) is 6.10. The first-order valence-corrected chi connectivity index (χ1v) is 7.20. The lowest BCUT2D eigenvalue weighted by Gasteiger charge is -2.19. The van der Waals surface area contributed by atoms with Crippen LogP contribution in [0, 0.1) is 5.82 Å². The molecule has 0 aliphatic heterocycles. The zero-order chi connectivity index (χ0) is 17.9. The van der Waals surface area contributed by atoms with Crippen molar-refractivity contribution in [2.24, 2.45) is 0 Å². The molecule has 0 saturated carbocycles. The van der Waals surface area contributed by atoms with Gasteiger partial charge in [0.05, 0.1) is 6.54 Å². The number of hydrogen-bond donors (Lipinski definition) is 2. The first kappa shape index (κ1) is 17.5. The molecule has 0 fully saturated rings. The molecule has 0 unspecified atom stereocenters. The number of aromatic nitrogens is 2. The van der Waals surface area contributed by atoms with Crippen LogP contribution < -0.4 is 5.32 Å². The Morgan fingerprint density at radius 1 is 1.33 bits per heavy atom. The molecule has 1 heterocycles. The number of rotatable bonds is 4. The Morgan fingerprint density at radius 3 is 2.58 bits per heavy atom. The number of ether oxygens (including phenoxy) is 1. The minimum Gasteiger partial charge on any atom is -0.476 e. The smallest absolute Gasteiger partial charge is 0.413 e. The summed E-state index contributed by atoms with van der Waals surface area (Å²) in [6.45, 7) is 5.06. The minimum atomic E-state index is -1.26. The summed E-state index contributed by atoms with van der Waals surface area (Å²) in [6.07, 6.45) is -0.755. The molecule has 0 radical (unpaired) electrons. The molecule has 2 aromatic rings. The zero-order valence-electron chi connectivity index (χ0n) is 13.5. The monoisotopic (exact) mass is 335 g/mol. The minimum absolute atomic E-state index is 0.0366. The number of aromatic carboxylic acids is 1. The van der Waals surface area contributed by atoms with Gasteiger partial charge in [-0.1, -0.05) is 18.2 Å². The fourth-order valence-electron chi connectivity index (χ4n) is 1.94. The first-order chi connectivity index (χ1) is 11.2. The molecule has 1 amide bonds. The Morgan fingerprint density at radius 2 is 2.00 bits per heavy atom. The van der Waals surface area contributed by atoms with Crippen LogP contribution in [0.4, 0.5) is 15.0 Å². The molecule has 2 N–H and O–H groups in total. The zero-order valence-corrected chi connectivity index (χ0v) is 13.5. The second kappa shape index (κ2) is 6.69. The van der Waals surface area contributed by atoms with Crippen LogP contribution in [0.3, 0.4) is 0 Å². The fourth-order valence-corrected chi connectivity index (χ4v) is 1.94. The van der Waals surface area contributed by atoms with Gasteiger partial charge in [-0.25, -0.2) is 18.7 Å². The van der Waals surface area contributed by atoms with Gasteiger partial charge in [-0.05, 0) is 26.8 Å². The molecular formula is C16H18FN3O4. The van der Waals surface area contributed by atoms with Crippen molar-refractivity contribution in [3.63, 3.8) is 0 Å². The summed E-state index contributed by atoms with van der Waals surface area (Å²) in [5.74, 6) is -1.60. The maximum absolute atomic E-state index is 13.8. The maximum atomic E-state index is 13.8. The third-order valence-corrected chi connectivity index (χ3v) is 2.91. The van der Waals surface area contributed by atoms with Crippen LogP contribution in [0.15, 0.2) is 30.3 Å². The maximum Gasteiger partial charge on any atom is 0.413 e. The number of carbonyl (C=O) groups excluding carboxylic acids is 1. The standard InChI is InChI=1S/C16H18FN3O4/c1-16(2,3)24-15(23)18-13-8-12(14(21)22)19-20(13)9-10-6-4-5-7-11(10)17/h4-8H,9H2,1-3H3,(H,18,23)(H,21,22). The molecule has 0 saturated heterocycles. The number of halogens is 1. The summed E-state index contributed by atoms with van der Waals surface area (Å²) in [6, 6.07) is 7.23. The van der Waals surface area contributed by atoms with Crippen molar-refractivity contribution in [2.45, 2.75) is 32.9 Å². The van der Waals surface area contributed by atoms with Crippen LogP contribution in [0.25, 0.3) is 0 Å². The number of amides is 1.